The van der Waals surface area contributed by atoms with Gasteiger partial charge in [-0.05, 0) is 42.7 Å². The monoisotopic (exact) mass is 409 g/mol. The number of benzene rings is 2. The SMILES string of the molecule is Cn1ncc2cc(-c3cnc(N4CCC(N)CC4)nc3-c3ccc(C#N)cc3)ccc21. The van der Waals surface area contributed by atoms with Crippen molar-refractivity contribution in [3.05, 3.63) is 60.4 Å². The van der Waals surface area contributed by atoms with E-state index < -0.39 is 0 Å². The van der Waals surface area contributed by atoms with E-state index in [-0.39, 0.29) is 6.04 Å². The van der Waals surface area contributed by atoms with Gasteiger partial charge in [0.15, 0.2) is 0 Å². The summed E-state index contributed by atoms with van der Waals surface area (Å²) in [6.07, 6.45) is 5.65. The van der Waals surface area contributed by atoms with Crippen molar-refractivity contribution in [2.45, 2.75) is 18.9 Å². The molecule has 0 atom stereocenters. The van der Waals surface area contributed by atoms with E-state index in [1.807, 2.05) is 48.4 Å². The van der Waals surface area contributed by atoms with E-state index in [9.17, 15) is 0 Å². The first kappa shape index (κ1) is 19.2. The van der Waals surface area contributed by atoms with Crippen LogP contribution in [0.15, 0.2) is 54.9 Å². The highest BCUT2D eigenvalue weighted by Crippen LogP contribution is 2.33. The number of piperidine rings is 1. The van der Waals surface area contributed by atoms with Gasteiger partial charge in [-0.15, -0.1) is 0 Å². The molecule has 31 heavy (non-hydrogen) atoms. The van der Waals surface area contributed by atoms with Crippen molar-refractivity contribution in [2.24, 2.45) is 12.8 Å². The van der Waals surface area contributed by atoms with Crippen molar-refractivity contribution in [1.82, 2.24) is 19.7 Å². The van der Waals surface area contributed by atoms with E-state index in [1.165, 1.54) is 0 Å². The minimum atomic E-state index is 0.250. The molecule has 4 aromatic rings. The van der Waals surface area contributed by atoms with Crippen molar-refractivity contribution in [3.8, 4) is 28.5 Å². The van der Waals surface area contributed by atoms with Gasteiger partial charge in [0.05, 0.1) is 29.0 Å². The number of anilines is 1. The van der Waals surface area contributed by atoms with E-state index in [0.717, 1.165) is 65.2 Å². The molecule has 0 radical (unpaired) electrons. The summed E-state index contributed by atoms with van der Waals surface area (Å²) in [5, 5.41) is 14.6. The van der Waals surface area contributed by atoms with Crippen molar-refractivity contribution in [2.75, 3.05) is 18.0 Å². The predicted octanol–water partition coefficient (Wildman–Crippen LogP) is 3.50. The number of hydrogen-bond donors (Lipinski definition) is 1. The topological polar surface area (TPSA) is 96.7 Å². The van der Waals surface area contributed by atoms with Crippen LogP contribution in [0.25, 0.3) is 33.3 Å². The summed E-state index contributed by atoms with van der Waals surface area (Å²) in [7, 11) is 1.94. The first-order chi connectivity index (χ1) is 15.1. The van der Waals surface area contributed by atoms with Gasteiger partial charge in [0.1, 0.15) is 0 Å². The number of aryl methyl sites for hydroxylation is 1. The molecule has 5 rings (SSSR count). The Balaban J connectivity index is 1.62. The summed E-state index contributed by atoms with van der Waals surface area (Å²) in [5.74, 6) is 0.720. The van der Waals surface area contributed by atoms with Gasteiger partial charge < -0.3 is 10.6 Å². The van der Waals surface area contributed by atoms with Crippen LogP contribution in [0, 0.1) is 11.3 Å². The number of nitrogens with two attached hydrogens (primary N) is 1. The smallest absolute Gasteiger partial charge is 0.225 e. The highest BCUT2D eigenvalue weighted by atomic mass is 15.3. The summed E-state index contributed by atoms with van der Waals surface area (Å²) >= 11 is 0. The molecule has 0 unspecified atom stereocenters. The summed E-state index contributed by atoms with van der Waals surface area (Å²) in [4.78, 5) is 11.9. The van der Waals surface area contributed by atoms with Crippen molar-refractivity contribution >= 4 is 16.9 Å². The summed E-state index contributed by atoms with van der Waals surface area (Å²) in [6, 6.07) is 16.2. The standard InChI is InChI=1S/C24H23N7/c1-30-22-7-6-18(12-19(22)14-28-30)21-15-27-24(31-10-8-20(26)9-11-31)29-23(21)17-4-2-16(13-25)3-5-17/h2-7,12,14-15,20H,8-11,26H2,1H3. The summed E-state index contributed by atoms with van der Waals surface area (Å²) in [6.45, 7) is 1.71. The molecule has 7 heteroatoms. The number of rotatable bonds is 3. The quantitative estimate of drug-likeness (QED) is 0.556. The fraction of sp³-hybridized carbons (Fsp3) is 0.250. The lowest BCUT2D eigenvalue weighted by Gasteiger charge is -2.30. The zero-order valence-electron chi connectivity index (χ0n) is 17.4. The van der Waals surface area contributed by atoms with E-state index >= 15 is 0 Å². The maximum Gasteiger partial charge on any atom is 0.225 e. The second-order valence-corrected chi connectivity index (χ2v) is 7.99. The van der Waals surface area contributed by atoms with Crippen LogP contribution in [0.3, 0.4) is 0 Å². The largest absolute Gasteiger partial charge is 0.341 e. The number of nitriles is 1. The van der Waals surface area contributed by atoms with Crippen molar-refractivity contribution in [1.29, 1.82) is 5.26 Å². The zero-order chi connectivity index (χ0) is 21.4. The third-order valence-electron chi connectivity index (χ3n) is 5.94. The predicted molar refractivity (Wildman–Crippen MR) is 121 cm³/mol. The molecule has 154 valence electrons. The molecule has 0 spiro atoms. The van der Waals surface area contributed by atoms with Gasteiger partial charge in [-0.2, -0.15) is 10.4 Å². The van der Waals surface area contributed by atoms with Crippen LogP contribution in [-0.4, -0.2) is 38.9 Å². The van der Waals surface area contributed by atoms with Gasteiger partial charge in [-0.1, -0.05) is 18.2 Å². The highest BCUT2D eigenvalue weighted by Gasteiger charge is 2.20. The highest BCUT2D eigenvalue weighted by molar-refractivity contribution is 5.88. The lowest BCUT2D eigenvalue weighted by Crippen LogP contribution is -2.40. The van der Waals surface area contributed by atoms with E-state index in [2.05, 4.69) is 34.3 Å². The Morgan fingerprint density at radius 1 is 1.03 bits per heavy atom. The van der Waals surface area contributed by atoms with Crippen LogP contribution < -0.4 is 10.6 Å². The second kappa shape index (κ2) is 7.82. The Morgan fingerprint density at radius 2 is 1.77 bits per heavy atom. The fourth-order valence-corrected chi connectivity index (χ4v) is 4.09. The number of nitrogens with zero attached hydrogens (tertiary/aromatic N) is 6. The molecule has 2 aromatic heterocycles. The fourth-order valence-electron chi connectivity index (χ4n) is 4.09. The summed E-state index contributed by atoms with van der Waals surface area (Å²) < 4.78 is 1.86. The third-order valence-corrected chi connectivity index (χ3v) is 5.94. The van der Waals surface area contributed by atoms with Gasteiger partial charge in [-0.3, -0.25) is 4.68 Å². The molecule has 1 aliphatic rings. The second-order valence-electron chi connectivity index (χ2n) is 7.99. The first-order valence-corrected chi connectivity index (χ1v) is 10.4. The van der Waals surface area contributed by atoms with Crippen LogP contribution in [0.1, 0.15) is 18.4 Å². The third kappa shape index (κ3) is 3.62. The number of aromatic nitrogens is 4. The van der Waals surface area contributed by atoms with Crippen molar-refractivity contribution in [3.63, 3.8) is 0 Å². The molecule has 3 heterocycles. The maximum atomic E-state index is 9.17. The average molecular weight is 409 g/mol. The lowest BCUT2D eigenvalue weighted by atomic mass is 9.99. The number of hydrogen-bond acceptors (Lipinski definition) is 6. The lowest BCUT2D eigenvalue weighted by molar-refractivity contribution is 0.495. The van der Waals surface area contributed by atoms with Gasteiger partial charge >= 0.3 is 0 Å². The van der Waals surface area contributed by atoms with E-state index in [4.69, 9.17) is 21.0 Å². The molecule has 0 saturated carbocycles. The molecular weight excluding hydrogens is 386 g/mol. The molecule has 7 nitrogen and oxygen atoms in total. The molecular formula is C24H23N7. The molecule has 0 aliphatic carbocycles. The van der Waals surface area contributed by atoms with Crippen molar-refractivity contribution < 1.29 is 0 Å². The zero-order valence-corrected chi connectivity index (χ0v) is 17.4. The Morgan fingerprint density at radius 3 is 2.52 bits per heavy atom. The van der Waals surface area contributed by atoms with Crippen LogP contribution >= 0.6 is 0 Å². The molecule has 2 N–H and O–H groups in total. The number of fused-ring (bicyclic) bond motifs is 1. The van der Waals surface area contributed by atoms with Crippen LogP contribution in [-0.2, 0) is 7.05 Å². The average Bonchev–Trinajstić information content (AvgIpc) is 3.19. The van der Waals surface area contributed by atoms with Crippen LogP contribution in [0.5, 0.6) is 0 Å². The normalized spacial score (nSPS) is 14.7. The molecule has 2 aromatic carbocycles. The Labute approximate surface area is 180 Å². The van der Waals surface area contributed by atoms with Crippen LogP contribution in [0.4, 0.5) is 5.95 Å². The van der Waals surface area contributed by atoms with Gasteiger partial charge in [0, 0.05) is 48.9 Å². The minimum absolute atomic E-state index is 0.250. The van der Waals surface area contributed by atoms with E-state index in [1.54, 1.807) is 0 Å². The maximum absolute atomic E-state index is 9.17. The minimum Gasteiger partial charge on any atom is -0.341 e. The molecule has 0 bridgehead atoms. The Kier molecular flexibility index (Phi) is 4.85. The molecule has 1 saturated heterocycles. The van der Waals surface area contributed by atoms with Gasteiger partial charge in [0.2, 0.25) is 5.95 Å². The molecule has 0 amide bonds. The van der Waals surface area contributed by atoms with Gasteiger partial charge in [0.25, 0.3) is 0 Å². The van der Waals surface area contributed by atoms with Gasteiger partial charge in [-0.25, -0.2) is 9.97 Å². The molecule has 1 fully saturated rings. The van der Waals surface area contributed by atoms with Crippen LogP contribution in [0.2, 0.25) is 0 Å². The molecule has 1 aliphatic heterocycles. The Bertz CT molecular complexity index is 1280. The Hall–Kier alpha value is -3.76. The van der Waals surface area contributed by atoms with E-state index in [0.29, 0.717) is 5.56 Å². The first-order valence-electron chi connectivity index (χ1n) is 10.4. The summed E-state index contributed by atoms with van der Waals surface area (Å²) in [5.41, 5.74) is 11.6.